The summed E-state index contributed by atoms with van der Waals surface area (Å²) >= 11 is 0. The average molecular weight is 241 g/mol. The number of amides is 1. The Morgan fingerprint density at radius 3 is 2.65 bits per heavy atom. The smallest absolute Gasteiger partial charge is 0.257 e. The van der Waals surface area contributed by atoms with Crippen molar-refractivity contribution in [3.63, 3.8) is 0 Å². The fraction of sp³-hybridized carbons (Fsp3) is 0.417. The van der Waals surface area contributed by atoms with E-state index in [-0.39, 0.29) is 24.9 Å². The zero-order valence-electron chi connectivity index (χ0n) is 9.49. The Kier molecular flexibility index (Phi) is 6.03. The second-order valence-corrected chi connectivity index (χ2v) is 3.52. The van der Waals surface area contributed by atoms with Crippen LogP contribution in [-0.4, -0.2) is 30.8 Å². The highest BCUT2D eigenvalue weighted by molar-refractivity contribution is 5.77. The van der Waals surface area contributed by atoms with Crippen LogP contribution >= 0.6 is 0 Å². The molecule has 0 heterocycles. The molecule has 4 nitrogen and oxygen atoms in total. The number of carbonyl (C=O) groups is 1. The summed E-state index contributed by atoms with van der Waals surface area (Å²) in [6.07, 6.45) is 1.40. The van der Waals surface area contributed by atoms with E-state index in [1.165, 1.54) is 24.3 Å². The molecule has 0 saturated heterocycles. The molecule has 0 fully saturated rings. The van der Waals surface area contributed by atoms with Gasteiger partial charge in [-0.1, -0.05) is 0 Å². The summed E-state index contributed by atoms with van der Waals surface area (Å²) in [5.41, 5.74) is 0. The van der Waals surface area contributed by atoms with Gasteiger partial charge in [0.2, 0.25) is 0 Å². The Hall–Kier alpha value is -1.62. The van der Waals surface area contributed by atoms with Crippen molar-refractivity contribution in [1.82, 2.24) is 5.32 Å². The number of rotatable bonds is 7. The van der Waals surface area contributed by atoms with Gasteiger partial charge in [0.25, 0.3) is 5.91 Å². The monoisotopic (exact) mass is 241 g/mol. The van der Waals surface area contributed by atoms with Gasteiger partial charge in [-0.05, 0) is 37.1 Å². The predicted octanol–water partition coefficient (Wildman–Crippen LogP) is 1.09. The van der Waals surface area contributed by atoms with E-state index < -0.39 is 0 Å². The van der Waals surface area contributed by atoms with Gasteiger partial charge in [-0.2, -0.15) is 0 Å². The molecule has 0 aliphatic carbocycles. The van der Waals surface area contributed by atoms with Crippen LogP contribution in [0.3, 0.4) is 0 Å². The van der Waals surface area contributed by atoms with Crippen LogP contribution in [0.4, 0.5) is 4.39 Å². The van der Waals surface area contributed by atoms with E-state index in [1.54, 1.807) is 0 Å². The van der Waals surface area contributed by atoms with E-state index >= 15 is 0 Å². The first kappa shape index (κ1) is 13.4. The van der Waals surface area contributed by atoms with Crippen molar-refractivity contribution < 1.29 is 19.0 Å². The minimum atomic E-state index is -0.342. The lowest BCUT2D eigenvalue weighted by Gasteiger charge is -2.06. The zero-order chi connectivity index (χ0) is 12.5. The number of benzene rings is 1. The number of aliphatic hydroxyl groups excluding tert-OH is 1. The van der Waals surface area contributed by atoms with Gasteiger partial charge in [0.1, 0.15) is 11.6 Å². The molecule has 0 aliphatic rings. The molecular formula is C12H16FNO3. The molecule has 0 radical (unpaired) electrons. The van der Waals surface area contributed by atoms with Crippen molar-refractivity contribution in [1.29, 1.82) is 0 Å². The highest BCUT2D eigenvalue weighted by Gasteiger charge is 2.01. The van der Waals surface area contributed by atoms with Crippen LogP contribution in [0.15, 0.2) is 24.3 Å². The molecule has 1 amide bonds. The maximum absolute atomic E-state index is 12.6. The van der Waals surface area contributed by atoms with Crippen molar-refractivity contribution >= 4 is 5.91 Å². The Labute approximate surface area is 99.4 Å². The maximum Gasteiger partial charge on any atom is 0.257 e. The lowest BCUT2D eigenvalue weighted by molar-refractivity contribution is -0.123. The van der Waals surface area contributed by atoms with E-state index in [4.69, 9.17) is 9.84 Å². The third-order valence-electron chi connectivity index (χ3n) is 2.09. The molecule has 2 N–H and O–H groups in total. The third-order valence-corrected chi connectivity index (χ3v) is 2.09. The van der Waals surface area contributed by atoms with E-state index in [0.717, 1.165) is 6.42 Å². The number of hydrogen-bond donors (Lipinski definition) is 2. The van der Waals surface area contributed by atoms with Crippen molar-refractivity contribution in [3.8, 4) is 5.75 Å². The molecule has 1 aromatic carbocycles. The van der Waals surface area contributed by atoms with Gasteiger partial charge in [-0.25, -0.2) is 4.39 Å². The summed E-state index contributed by atoms with van der Waals surface area (Å²) in [7, 11) is 0. The first-order valence-corrected chi connectivity index (χ1v) is 5.48. The molecule has 1 aromatic rings. The Morgan fingerprint density at radius 2 is 2.00 bits per heavy atom. The lowest BCUT2D eigenvalue weighted by atomic mass is 10.3. The van der Waals surface area contributed by atoms with Crippen molar-refractivity contribution in [2.45, 2.75) is 12.8 Å². The maximum atomic E-state index is 12.6. The Bertz CT molecular complexity index is 340. The largest absolute Gasteiger partial charge is 0.484 e. The fourth-order valence-corrected chi connectivity index (χ4v) is 1.20. The Morgan fingerprint density at radius 1 is 1.29 bits per heavy atom. The quantitative estimate of drug-likeness (QED) is 0.703. The van der Waals surface area contributed by atoms with E-state index in [1.807, 2.05) is 0 Å². The van der Waals surface area contributed by atoms with E-state index in [2.05, 4.69) is 5.32 Å². The Balaban J connectivity index is 2.17. The van der Waals surface area contributed by atoms with Crippen LogP contribution < -0.4 is 10.1 Å². The molecule has 5 heteroatoms. The third kappa shape index (κ3) is 5.87. The number of unbranched alkanes of at least 4 members (excludes halogenated alkanes) is 1. The predicted molar refractivity (Wildman–Crippen MR) is 61.2 cm³/mol. The van der Waals surface area contributed by atoms with Crippen molar-refractivity contribution in [2.24, 2.45) is 0 Å². The second kappa shape index (κ2) is 7.62. The lowest BCUT2D eigenvalue weighted by Crippen LogP contribution is -2.29. The first-order chi connectivity index (χ1) is 8.22. The fourth-order valence-electron chi connectivity index (χ4n) is 1.20. The molecule has 94 valence electrons. The van der Waals surface area contributed by atoms with Gasteiger partial charge in [-0.3, -0.25) is 4.79 Å². The minimum absolute atomic E-state index is 0.0925. The van der Waals surface area contributed by atoms with Gasteiger partial charge in [0.05, 0.1) is 0 Å². The summed E-state index contributed by atoms with van der Waals surface area (Å²) in [5, 5.41) is 11.2. The molecular weight excluding hydrogens is 225 g/mol. The summed E-state index contributed by atoms with van der Waals surface area (Å²) < 4.78 is 17.7. The molecule has 0 aliphatic heterocycles. The number of ether oxygens (including phenoxy) is 1. The van der Waals surface area contributed by atoms with Gasteiger partial charge in [0, 0.05) is 13.2 Å². The van der Waals surface area contributed by atoms with Gasteiger partial charge in [-0.15, -0.1) is 0 Å². The highest BCUT2D eigenvalue weighted by Crippen LogP contribution is 2.10. The molecule has 17 heavy (non-hydrogen) atoms. The number of halogens is 1. The summed E-state index contributed by atoms with van der Waals surface area (Å²) in [4.78, 5) is 11.3. The normalized spacial score (nSPS) is 10.0. The van der Waals surface area contributed by atoms with Crippen LogP contribution in [0.2, 0.25) is 0 Å². The molecule has 1 rings (SSSR count). The van der Waals surface area contributed by atoms with Crippen molar-refractivity contribution in [2.75, 3.05) is 19.8 Å². The van der Waals surface area contributed by atoms with E-state index in [0.29, 0.717) is 18.7 Å². The molecule has 0 atom stereocenters. The molecule has 0 spiro atoms. The number of hydrogen-bond acceptors (Lipinski definition) is 3. The summed E-state index contributed by atoms with van der Waals surface area (Å²) in [6.45, 7) is 0.554. The standard InChI is InChI=1S/C12H16FNO3/c13-10-3-5-11(6-4-10)17-9-12(16)14-7-1-2-8-15/h3-6,15H,1-2,7-9H2,(H,14,16). The van der Waals surface area contributed by atoms with Crippen LogP contribution in [0.1, 0.15) is 12.8 Å². The SMILES string of the molecule is O=C(COc1ccc(F)cc1)NCCCCO. The van der Waals surface area contributed by atoms with Gasteiger partial charge < -0.3 is 15.2 Å². The van der Waals surface area contributed by atoms with Crippen LogP contribution in [0, 0.1) is 5.82 Å². The van der Waals surface area contributed by atoms with Crippen LogP contribution in [0.25, 0.3) is 0 Å². The molecule has 0 bridgehead atoms. The van der Waals surface area contributed by atoms with Crippen LogP contribution in [0.5, 0.6) is 5.75 Å². The molecule has 0 aromatic heterocycles. The summed E-state index contributed by atoms with van der Waals surface area (Å²) in [6, 6.07) is 5.48. The number of aliphatic hydroxyl groups is 1. The minimum Gasteiger partial charge on any atom is -0.484 e. The van der Waals surface area contributed by atoms with Crippen molar-refractivity contribution in [3.05, 3.63) is 30.1 Å². The molecule has 0 saturated carbocycles. The van der Waals surface area contributed by atoms with E-state index in [9.17, 15) is 9.18 Å². The number of carbonyl (C=O) groups excluding carboxylic acids is 1. The zero-order valence-corrected chi connectivity index (χ0v) is 9.49. The first-order valence-electron chi connectivity index (χ1n) is 5.48. The number of nitrogens with one attached hydrogen (secondary N) is 1. The summed E-state index contributed by atoms with van der Waals surface area (Å²) in [5.74, 6) is -0.116. The van der Waals surface area contributed by atoms with Gasteiger partial charge in [0.15, 0.2) is 6.61 Å². The molecule has 0 unspecified atom stereocenters. The highest BCUT2D eigenvalue weighted by atomic mass is 19.1. The average Bonchev–Trinajstić information content (AvgIpc) is 2.34. The topological polar surface area (TPSA) is 58.6 Å². The van der Waals surface area contributed by atoms with Crippen LogP contribution in [-0.2, 0) is 4.79 Å². The second-order valence-electron chi connectivity index (χ2n) is 3.52. The van der Waals surface area contributed by atoms with Gasteiger partial charge >= 0.3 is 0 Å².